The smallest absolute Gasteiger partial charge is 0.317 e. The first kappa shape index (κ1) is 18.9. The third-order valence-corrected chi connectivity index (χ3v) is 5.83. The fourth-order valence-corrected chi connectivity index (χ4v) is 4.56. The number of piperidine rings is 1. The zero-order valence-electron chi connectivity index (χ0n) is 15.9. The van der Waals surface area contributed by atoms with Crippen LogP contribution in [0.15, 0.2) is 30.3 Å². The molecule has 1 atom stereocenters. The maximum absolute atomic E-state index is 13.3. The minimum Gasteiger partial charge on any atom is -0.480 e. The predicted molar refractivity (Wildman–Crippen MR) is 101 cm³/mol. The zero-order valence-corrected chi connectivity index (χ0v) is 15.9. The molecule has 2 heterocycles. The summed E-state index contributed by atoms with van der Waals surface area (Å²) in [5, 5.41) is 9.01. The van der Waals surface area contributed by atoms with Crippen LogP contribution in [0.4, 0.5) is 0 Å². The monoisotopic (exact) mass is 358 g/mol. The van der Waals surface area contributed by atoms with E-state index in [9.17, 15) is 9.59 Å². The van der Waals surface area contributed by atoms with Gasteiger partial charge < -0.3 is 10.0 Å². The number of nitrogens with zero attached hydrogens (tertiary/aromatic N) is 2. The molecule has 2 aliphatic rings. The number of carbonyl (C=O) groups excluding carboxylic acids is 1. The Kier molecular flexibility index (Phi) is 5.66. The van der Waals surface area contributed by atoms with Crippen LogP contribution < -0.4 is 0 Å². The summed E-state index contributed by atoms with van der Waals surface area (Å²) in [5.41, 5.74) is 0.989. The van der Waals surface area contributed by atoms with Crippen LogP contribution in [0.25, 0.3) is 0 Å². The first-order valence-electron chi connectivity index (χ1n) is 9.69. The molecule has 1 unspecified atom stereocenters. The number of amides is 1. The van der Waals surface area contributed by atoms with Crippen molar-refractivity contribution in [3.05, 3.63) is 35.9 Å². The van der Waals surface area contributed by atoms with Crippen molar-refractivity contribution in [2.45, 2.75) is 45.6 Å². The normalized spacial score (nSPS) is 23.1. The first-order valence-corrected chi connectivity index (χ1v) is 9.69. The van der Waals surface area contributed by atoms with Crippen molar-refractivity contribution >= 4 is 11.9 Å². The second-order valence-corrected chi connectivity index (χ2v) is 8.35. The van der Waals surface area contributed by atoms with E-state index in [2.05, 4.69) is 43.0 Å². The van der Waals surface area contributed by atoms with Gasteiger partial charge in [0.2, 0.25) is 5.91 Å². The van der Waals surface area contributed by atoms with Crippen LogP contribution in [0, 0.1) is 11.3 Å². The highest BCUT2D eigenvalue weighted by Gasteiger charge is 2.52. The molecular formula is C21H30N2O3. The molecule has 2 saturated heterocycles. The van der Waals surface area contributed by atoms with Gasteiger partial charge >= 0.3 is 5.97 Å². The predicted octanol–water partition coefficient (Wildman–Crippen LogP) is 2.65. The van der Waals surface area contributed by atoms with Gasteiger partial charge in [0.15, 0.2) is 0 Å². The van der Waals surface area contributed by atoms with E-state index in [1.54, 1.807) is 0 Å². The molecule has 1 amide bonds. The van der Waals surface area contributed by atoms with Crippen LogP contribution in [-0.4, -0.2) is 59.0 Å². The molecule has 0 saturated carbocycles. The van der Waals surface area contributed by atoms with Crippen molar-refractivity contribution in [2.24, 2.45) is 11.3 Å². The Balaban J connectivity index is 1.74. The Morgan fingerprint density at radius 2 is 1.88 bits per heavy atom. The Hall–Kier alpha value is -1.88. The maximum atomic E-state index is 13.3. The van der Waals surface area contributed by atoms with Crippen LogP contribution in [0.2, 0.25) is 0 Å². The summed E-state index contributed by atoms with van der Waals surface area (Å²) in [4.78, 5) is 28.4. The van der Waals surface area contributed by atoms with Crippen LogP contribution in [0.5, 0.6) is 0 Å². The average molecular weight is 358 g/mol. The Labute approximate surface area is 156 Å². The number of carboxylic acids is 1. The average Bonchev–Trinajstić information content (AvgIpc) is 2.83. The molecule has 2 aliphatic heterocycles. The lowest BCUT2D eigenvalue weighted by Crippen LogP contribution is -2.46. The van der Waals surface area contributed by atoms with Crippen LogP contribution in [0.3, 0.4) is 0 Å². The van der Waals surface area contributed by atoms with Gasteiger partial charge in [0.05, 0.1) is 12.0 Å². The third-order valence-electron chi connectivity index (χ3n) is 5.83. The quantitative estimate of drug-likeness (QED) is 0.849. The summed E-state index contributed by atoms with van der Waals surface area (Å²) in [6.45, 7) is 6.60. The maximum Gasteiger partial charge on any atom is 0.317 e. The Bertz CT molecular complexity index is 636. The highest BCUT2D eigenvalue weighted by atomic mass is 16.4. The summed E-state index contributed by atoms with van der Waals surface area (Å²) < 4.78 is 0. The molecule has 0 aromatic heterocycles. The number of hydrogen-bond acceptors (Lipinski definition) is 3. The summed E-state index contributed by atoms with van der Waals surface area (Å²) in [7, 11) is 0. The Morgan fingerprint density at radius 1 is 1.23 bits per heavy atom. The van der Waals surface area contributed by atoms with Gasteiger partial charge in [0, 0.05) is 12.6 Å². The third kappa shape index (κ3) is 4.09. The van der Waals surface area contributed by atoms with Gasteiger partial charge in [-0.05, 0) is 50.3 Å². The number of carbonyl (C=O) groups is 2. The number of carboxylic acid groups (broad SMARTS) is 1. The van der Waals surface area contributed by atoms with E-state index in [1.165, 1.54) is 5.56 Å². The molecule has 1 N–H and O–H groups in total. The van der Waals surface area contributed by atoms with Crippen molar-refractivity contribution in [3.63, 3.8) is 0 Å². The van der Waals surface area contributed by atoms with E-state index in [0.717, 1.165) is 32.2 Å². The molecule has 5 heteroatoms. The Morgan fingerprint density at radius 3 is 2.46 bits per heavy atom. The molecule has 1 spiro atoms. The summed E-state index contributed by atoms with van der Waals surface area (Å²) in [5.74, 6) is -0.0522. The van der Waals surface area contributed by atoms with Gasteiger partial charge in [-0.3, -0.25) is 14.5 Å². The zero-order chi connectivity index (χ0) is 18.7. The van der Waals surface area contributed by atoms with E-state index in [0.29, 0.717) is 24.9 Å². The number of likely N-dealkylation sites (tertiary alicyclic amines) is 2. The van der Waals surface area contributed by atoms with E-state index in [4.69, 9.17) is 5.11 Å². The van der Waals surface area contributed by atoms with E-state index in [1.807, 2.05) is 11.0 Å². The second kappa shape index (κ2) is 7.78. The van der Waals surface area contributed by atoms with Crippen molar-refractivity contribution in [3.8, 4) is 0 Å². The fourth-order valence-electron chi connectivity index (χ4n) is 4.56. The topological polar surface area (TPSA) is 60.9 Å². The lowest BCUT2D eigenvalue weighted by atomic mass is 9.75. The van der Waals surface area contributed by atoms with Gasteiger partial charge in [-0.2, -0.15) is 0 Å². The van der Waals surface area contributed by atoms with Gasteiger partial charge in [0.1, 0.15) is 0 Å². The standard InChI is InChI=1S/C21H30N2O3/c1-16(2)14-23-18(12-17-6-4-3-5-7-17)13-21(20(23)26)8-10-22(11-9-21)15-19(24)25/h3-7,16,18H,8-15H2,1-2H3,(H,24,25). The lowest BCUT2D eigenvalue weighted by Gasteiger charge is -2.37. The summed E-state index contributed by atoms with van der Waals surface area (Å²) in [6.07, 6.45) is 3.35. The van der Waals surface area contributed by atoms with Gasteiger partial charge in [0.25, 0.3) is 0 Å². The van der Waals surface area contributed by atoms with Crippen LogP contribution >= 0.6 is 0 Å². The molecular weight excluding hydrogens is 328 g/mol. The highest BCUT2D eigenvalue weighted by molar-refractivity contribution is 5.85. The number of benzene rings is 1. The SMILES string of the molecule is CC(C)CN1C(=O)C2(CCN(CC(=O)O)CC2)CC1Cc1ccccc1. The molecule has 26 heavy (non-hydrogen) atoms. The lowest BCUT2D eigenvalue weighted by molar-refractivity contribution is -0.141. The summed E-state index contributed by atoms with van der Waals surface area (Å²) >= 11 is 0. The minimum atomic E-state index is -0.790. The van der Waals surface area contributed by atoms with Gasteiger partial charge in [-0.25, -0.2) is 0 Å². The molecule has 2 fully saturated rings. The van der Waals surface area contributed by atoms with Crippen LogP contribution in [0.1, 0.15) is 38.7 Å². The van der Waals surface area contributed by atoms with Crippen molar-refractivity contribution in [1.82, 2.24) is 9.80 Å². The molecule has 5 nitrogen and oxygen atoms in total. The van der Waals surface area contributed by atoms with E-state index >= 15 is 0 Å². The van der Waals surface area contributed by atoms with Crippen molar-refractivity contribution < 1.29 is 14.7 Å². The van der Waals surface area contributed by atoms with Crippen molar-refractivity contribution in [2.75, 3.05) is 26.2 Å². The van der Waals surface area contributed by atoms with Gasteiger partial charge in [-0.1, -0.05) is 44.2 Å². The molecule has 1 aromatic rings. The molecule has 0 aliphatic carbocycles. The number of hydrogen-bond donors (Lipinski definition) is 1. The van der Waals surface area contributed by atoms with Gasteiger partial charge in [-0.15, -0.1) is 0 Å². The van der Waals surface area contributed by atoms with E-state index < -0.39 is 5.97 Å². The molecule has 3 rings (SSSR count). The molecule has 0 bridgehead atoms. The van der Waals surface area contributed by atoms with Crippen LogP contribution in [-0.2, 0) is 16.0 Å². The molecule has 142 valence electrons. The van der Waals surface area contributed by atoms with Crippen molar-refractivity contribution in [1.29, 1.82) is 0 Å². The highest BCUT2D eigenvalue weighted by Crippen LogP contribution is 2.45. The second-order valence-electron chi connectivity index (χ2n) is 8.35. The largest absolute Gasteiger partial charge is 0.480 e. The fraction of sp³-hybridized carbons (Fsp3) is 0.619. The molecule has 1 aromatic carbocycles. The molecule has 0 radical (unpaired) electrons. The van der Waals surface area contributed by atoms with E-state index in [-0.39, 0.29) is 18.0 Å². The number of aliphatic carboxylic acids is 1. The number of rotatable bonds is 6. The summed E-state index contributed by atoms with van der Waals surface area (Å²) in [6, 6.07) is 10.7. The minimum absolute atomic E-state index is 0.0768. The first-order chi connectivity index (χ1) is 12.4.